The average Bonchev–Trinajstić information content (AvgIpc) is 3.08. The first-order valence-corrected chi connectivity index (χ1v) is 16.3. The fourth-order valence-electron chi connectivity index (χ4n) is 4.25. The molecule has 0 saturated heterocycles. The van der Waals surface area contributed by atoms with E-state index in [1.165, 1.54) is 15.4 Å². The standard InChI is InChI=1S/C32H34O2S.3C2H6.C2H4/c1-22(32(2,3)4)23-18-20-24(21-19-23)35-31-27(25-12-7-9-16-29(25)33-5)14-11-15-28(31)26-13-8-10-17-30(26)34-6;4*1-2/h7-22H,1-6H3;3*1-2H3;1-2H2. The first kappa shape index (κ1) is 39.6. The molecule has 2 nitrogen and oxygen atoms in total. The summed E-state index contributed by atoms with van der Waals surface area (Å²) < 4.78 is 11.5. The largest absolute Gasteiger partial charge is 0.496 e. The highest BCUT2D eigenvalue weighted by Gasteiger charge is 2.22. The summed E-state index contributed by atoms with van der Waals surface area (Å²) in [6.07, 6.45) is 0. The number of rotatable bonds is 7. The minimum absolute atomic E-state index is 0.224. The van der Waals surface area contributed by atoms with Crippen LogP contribution in [0, 0.1) is 5.41 Å². The maximum atomic E-state index is 5.74. The number of benzene rings is 4. The van der Waals surface area contributed by atoms with Crippen molar-refractivity contribution in [3.8, 4) is 33.8 Å². The molecule has 0 aliphatic heterocycles. The van der Waals surface area contributed by atoms with Crippen molar-refractivity contribution in [1.82, 2.24) is 0 Å². The van der Waals surface area contributed by atoms with E-state index in [-0.39, 0.29) is 5.41 Å². The molecule has 0 radical (unpaired) electrons. The lowest BCUT2D eigenvalue weighted by Crippen LogP contribution is -2.15. The van der Waals surface area contributed by atoms with Crippen LogP contribution in [0.4, 0.5) is 0 Å². The van der Waals surface area contributed by atoms with Crippen LogP contribution in [0.1, 0.15) is 80.7 Å². The van der Waals surface area contributed by atoms with Crippen LogP contribution in [0.3, 0.4) is 0 Å². The van der Waals surface area contributed by atoms with Crippen LogP contribution in [0.25, 0.3) is 22.3 Å². The van der Waals surface area contributed by atoms with Gasteiger partial charge in [-0.2, -0.15) is 0 Å². The molecule has 0 heterocycles. The van der Waals surface area contributed by atoms with Gasteiger partial charge < -0.3 is 9.47 Å². The van der Waals surface area contributed by atoms with Gasteiger partial charge in [0.15, 0.2) is 0 Å². The lowest BCUT2D eigenvalue weighted by Gasteiger charge is -2.27. The van der Waals surface area contributed by atoms with Crippen molar-refractivity contribution in [2.75, 3.05) is 14.2 Å². The molecule has 4 aromatic carbocycles. The molecule has 0 spiro atoms. The molecule has 4 aromatic rings. The molecule has 1 unspecified atom stereocenters. The molecule has 0 fully saturated rings. The van der Waals surface area contributed by atoms with Crippen LogP contribution >= 0.6 is 11.8 Å². The smallest absolute Gasteiger partial charge is 0.126 e. The molecule has 234 valence electrons. The summed E-state index contributed by atoms with van der Waals surface area (Å²) in [5.74, 6) is 2.20. The third-order valence-electron chi connectivity index (χ3n) is 6.71. The Morgan fingerprint density at radius 3 is 1.30 bits per heavy atom. The highest BCUT2D eigenvalue weighted by Crippen LogP contribution is 2.47. The lowest BCUT2D eigenvalue weighted by molar-refractivity contribution is 0.339. The Balaban J connectivity index is 0.00000204. The van der Waals surface area contributed by atoms with Crippen LogP contribution in [0.5, 0.6) is 11.5 Å². The van der Waals surface area contributed by atoms with Gasteiger partial charge in [0, 0.05) is 20.9 Å². The van der Waals surface area contributed by atoms with Crippen LogP contribution in [0.15, 0.2) is 114 Å². The van der Waals surface area contributed by atoms with Crippen molar-refractivity contribution >= 4 is 11.8 Å². The topological polar surface area (TPSA) is 18.5 Å². The predicted octanol–water partition coefficient (Wildman–Crippen LogP) is 13.2. The summed E-state index contributed by atoms with van der Waals surface area (Å²) in [7, 11) is 3.45. The quantitative estimate of drug-likeness (QED) is 0.197. The van der Waals surface area contributed by atoms with E-state index in [0.717, 1.165) is 33.8 Å². The van der Waals surface area contributed by atoms with E-state index in [4.69, 9.17) is 9.47 Å². The fourth-order valence-corrected chi connectivity index (χ4v) is 5.33. The Bertz CT molecular complexity index is 1240. The second-order valence-electron chi connectivity index (χ2n) is 9.84. The summed E-state index contributed by atoms with van der Waals surface area (Å²) >= 11 is 1.79. The van der Waals surface area contributed by atoms with E-state index >= 15 is 0 Å². The third kappa shape index (κ3) is 11.0. The minimum Gasteiger partial charge on any atom is -0.496 e. The van der Waals surface area contributed by atoms with Crippen LogP contribution in [-0.4, -0.2) is 14.2 Å². The zero-order valence-corrected chi connectivity index (χ0v) is 29.7. The monoisotopic (exact) mass is 600 g/mol. The van der Waals surface area contributed by atoms with Crippen LogP contribution in [-0.2, 0) is 0 Å². The number of hydrogen-bond donors (Lipinski definition) is 0. The second-order valence-corrected chi connectivity index (χ2v) is 10.9. The van der Waals surface area contributed by atoms with Gasteiger partial charge in [-0.25, -0.2) is 0 Å². The molecule has 0 N–H and O–H groups in total. The molecule has 0 saturated carbocycles. The van der Waals surface area contributed by atoms with Gasteiger partial charge >= 0.3 is 0 Å². The summed E-state index contributed by atoms with van der Waals surface area (Å²) in [5, 5.41) is 0. The van der Waals surface area contributed by atoms with E-state index in [1.807, 2.05) is 65.8 Å². The van der Waals surface area contributed by atoms with E-state index in [2.05, 4.69) is 108 Å². The molecule has 0 aromatic heterocycles. The molecule has 0 aliphatic rings. The van der Waals surface area contributed by atoms with Gasteiger partial charge in [0.25, 0.3) is 0 Å². The third-order valence-corrected chi connectivity index (χ3v) is 7.86. The highest BCUT2D eigenvalue weighted by molar-refractivity contribution is 7.99. The van der Waals surface area contributed by atoms with E-state index < -0.39 is 0 Å². The van der Waals surface area contributed by atoms with Gasteiger partial charge in [-0.05, 0) is 52.3 Å². The molecule has 43 heavy (non-hydrogen) atoms. The number of methoxy groups -OCH3 is 2. The van der Waals surface area contributed by atoms with Crippen molar-refractivity contribution < 1.29 is 9.47 Å². The first-order valence-electron chi connectivity index (χ1n) is 15.5. The van der Waals surface area contributed by atoms with Gasteiger partial charge in [0.2, 0.25) is 0 Å². The zero-order valence-electron chi connectivity index (χ0n) is 28.9. The maximum Gasteiger partial charge on any atom is 0.126 e. The molecular formula is C40H56O2S. The van der Waals surface area contributed by atoms with Gasteiger partial charge in [-0.3, -0.25) is 0 Å². The molecule has 0 bridgehead atoms. The zero-order chi connectivity index (χ0) is 33.0. The Hall–Kier alpha value is -3.43. The van der Waals surface area contributed by atoms with E-state index in [0.29, 0.717) is 5.92 Å². The van der Waals surface area contributed by atoms with Gasteiger partial charge in [0.1, 0.15) is 11.5 Å². The molecular weight excluding hydrogens is 545 g/mol. The van der Waals surface area contributed by atoms with Crippen molar-refractivity contribution in [3.05, 3.63) is 110 Å². The summed E-state index contributed by atoms with van der Waals surface area (Å²) in [4.78, 5) is 2.38. The summed E-state index contributed by atoms with van der Waals surface area (Å²) in [5.41, 5.74) is 6.03. The van der Waals surface area contributed by atoms with Crippen molar-refractivity contribution in [2.24, 2.45) is 5.41 Å². The maximum absolute atomic E-state index is 5.74. The van der Waals surface area contributed by atoms with Crippen molar-refractivity contribution in [3.63, 3.8) is 0 Å². The van der Waals surface area contributed by atoms with Gasteiger partial charge in [-0.1, -0.05) is 148 Å². The Morgan fingerprint density at radius 2 is 0.930 bits per heavy atom. The number of para-hydroxylation sites is 2. The number of hydrogen-bond acceptors (Lipinski definition) is 3. The van der Waals surface area contributed by atoms with Crippen LogP contribution in [0.2, 0.25) is 0 Å². The van der Waals surface area contributed by atoms with Crippen molar-refractivity contribution in [2.45, 2.75) is 84.9 Å². The summed E-state index contributed by atoms with van der Waals surface area (Å²) in [6, 6.07) is 31.9. The SMILES string of the molecule is C=C.CC.CC.CC.COc1ccccc1-c1cccc(-c2ccccc2OC)c1Sc1ccc(C(C)C(C)(C)C)cc1. The highest BCUT2D eigenvalue weighted by atomic mass is 32.2. The Morgan fingerprint density at radius 1 is 0.558 bits per heavy atom. The summed E-state index contributed by atoms with van der Waals surface area (Å²) in [6.45, 7) is 27.2. The minimum atomic E-state index is 0.224. The lowest BCUT2D eigenvalue weighted by atomic mass is 9.78. The van der Waals surface area contributed by atoms with Gasteiger partial charge in [-0.15, -0.1) is 13.2 Å². The average molecular weight is 601 g/mol. The van der Waals surface area contributed by atoms with E-state index in [9.17, 15) is 0 Å². The molecule has 0 amide bonds. The fraction of sp³-hybridized carbons (Fsp3) is 0.350. The van der Waals surface area contributed by atoms with Crippen molar-refractivity contribution in [1.29, 1.82) is 0 Å². The Kier molecular flexibility index (Phi) is 19.6. The molecule has 4 rings (SSSR count). The number of ether oxygens (including phenoxy) is 2. The van der Waals surface area contributed by atoms with Gasteiger partial charge in [0.05, 0.1) is 14.2 Å². The second kappa shape index (κ2) is 21.3. The molecule has 1 atom stereocenters. The molecule has 0 aliphatic carbocycles. The predicted molar refractivity (Wildman–Crippen MR) is 194 cm³/mol. The van der Waals surface area contributed by atoms with E-state index in [1.54, 1.807) is 26.0 Å². The van der Waals surface area contributed by atoms with Crippen LogP contribution < -0.4 is 9.47 Å². The molecule has 3 heteroatoms. The Labute approximate surface area is 268 Å². The normalized spacial score (nSPS) is 10.5. The first-order chi connectivity index (χ1) is 20.8.